The van der Waals surface area contributed by atoms with Gasteiger partial charge in [0.05, 0.1) is 11.1 Å². The van der Waals surface area contributed by atoms with E-state index in [0.717, 1.165) is 30.4 Å². The smallest absolute Gasteiger partial charge is 0.343 e. The standard InChI is InChI=1S/C26H26O4/c1-3-5-12-19-17-18-23(29-25(27)20-13-8-6-9-14-20)24(22(19)4-2)30-26(28)21-15-10-7-11-16-21/h6-11,13-18H,3-5,12H2,1-2H3. The van der Waals surface area contributed by atoms with E-state index in [1.807, 2.05) is 25.1 Å². The molecule has 0 heterocycles. The van der Waals surface area contributed by atoms with Gasteiger partial charge in [-0.15, -0.1) is 0 Å². The Kier molecular flexibility index (Phi) is 7.39. The zero-order valence-corrected chi connectivity index (χ0v) is 17.4. The van der Waals surface area contributed by atoms with Crippen LogP contribution in [0.3, 0.4) is 0 Å². The first kappa shape index (κ1) is 21.3. The third kappa shape index (κ3) is 5.15. The summed E-state index contributed by atoms with van der Waals surface area (Å²) in [7, 11) is 0. The van der Waals surface area contributed by atoms with Crippen molar-refractivity contribution in [3.8, 4) is 11.5 Å². The molecular weight excluding hydrogens is 376 g/mol. The van der Waals surface area contributed by atoms with E-state index in [1.165, 1.54) is 0 Å². The normalized spacial score (nSPS) is 10.5. The summed E-state index contributed by atoms with van der Waals surface area (Å²) in [5.41, 5.74) is 2.88. The van der Waals surface area contributed by atoms with E-state index in [4.69, 9.17) is 9.47 Å². The molecule has 3 aromatic carbocycles. The van der Waals surface area contributed by atoms with Crippen molar-refractivity contribution < 1.29 is 19.1 Å². The van der Waals surface area contributed by atoms with Crippen LogP contribution in [-0.4, -0.2) is 11.9 Å². The van der Waals surface area contributed by atoms with Gasteiger partial charge in [-0.1, -0.05) is 62.7 Å². The van der Waals surface area contributed by atoms with Gasteiger partial charge in [0.2, 0.25) is 0 Å². The largest absolute Gasteiger partial charge is 0.419 e. The van der Waals surface area contributed by atoms with E-state index in [1.54, 1.807) is 54.6 Å². The minimum Gasteiger partial charge on any atom is -0.419 e. The molecule has 4 heteroatoms. The van der Waals surface area contributed by atoms with Crippen LogP contribution in [0.4, 0.5) is 0 Å². The first-order valence-corrected chi connectivity index (χ1v) is 10.3. The molecule has 0 aromatic heterocycles. The van der Waals surface area contributed by atoms with E-state index in [-0.39, 0.29) is 5.75 Å². The molecule has 154 valence electrons. The van der Waals surface area contributed by atoms with Gasteiger partial charge >= 0.3 is 11.9 Å². The minimum absolute atomic E-state index is 0.255. The van der Waals surface area contributed by atoms with Crippen LogP contribution >= 0.6 is 0 Å². The maximum Gasteiger partial charge on any atom is 0.343 e. The van der Waals surface area contributed by atoms with Gasteiger partial charge in [0.15, 0.2) is 11.5 Å². The van der Waals surface area contributed by atoms with Crippen LogP contribution in [-0.2, 0) is 12.8 Å². The minimum atomic E-state index is -0.490. The monoisotopic (exact) mass is 402 g/mol. The molecular formula is C26H26O4. The molecule has 0 amide bonds. The molecule has 0 radical (unpaired) electrons. The molecule has 0 spiro atoms. The summed E-state index contributed by atoms with van der Waals surface area (Å²) in [4.78, 5) is 25.4. The van der Waals surface area contributed by atoms with Crippen LogP contribution in [0.1, 0.15) is 58.5 Å². The molecule has 0 bridgehead atoms. The molecule has 0 aliphatic rings. The van der Waals surface area contributed by atoms with Crippen LogP contribution in [0.5, 0.6) is 11.5 Å². The molecule has 0 atom stereocenters. The molecule has 3 aromatic rings. The molecule has 4 nitrogen and oxygen atoms in total. The zero-order valence-electron chi connectivity index (χ0n) is 17.4. The number of unbranched alkanes of at least 4 members (excludes halogenated alkanes) is 1. The fourth-order valence-electron chi connectivity index (χ4n) is 3.29. The van der Waals surface area contributed by atoms with Crippen LogP contribution in [0.2, 0.25) is 0 Å². The maximum atomic E-state index is 12.8. The number of ether oxygens (including phenoxy) is 2. The predicted molar refractivity (Wildman–Crippen MR) is 117 cm³/mol. The summed E-state index contributed by atoms with van der Waals surface area (Å²) in [5, 5.41) is 0. The molecule has 30 heavy (non-hydrogen) atoms. The second kappa shape index (κ2) is 10.4. The lowest BCUT2D eigenvalue weighted by Crippen LogP contribution is -2.14. The first-order valence-electron chi connectivity index (χ1n) is 10.3. The number of hydrogen-bond acceptors (Lipinski definition) is 4. The van der Waals surface area contributed by atoms with Crippen molar-refractivity contribution in [1.29, 1.82) is 0 Å². The Bertz CT molecular complexity index is 994. The van der Waals surface area contributed by atoms with Crippen molar-refractivity contribution in [2.24, 2.45) is 0 Å². The zero-order chi connectivity index (χ0) is 21.3. The number of carbonyl (C=O) groups is 2. The summed E-state index contributed by atoms with van der Waals surface area (Å²) >= 11 is 0. The SMILES string of the molecule is CCCCc1ccc(OC(=O)c2ccccc2)c(OC(=O)c2ccccc2)c1CC. The second-order valence-corrected chi connectivity index (χ2v) is 7.00. The van der Waals surface area contributed by atoms with Crippen molar-refractivity contribution >= 4 is 11.9 Å². The number of carbonyl (C=O) groups excluding carboxylic acids is 2. The van der Waals surface area contributed by atoms with Crippen molar-refractivity contribution in [3.63, 3.8) is 0 Å². The Morgan fingerprint density at radius 1 is 0.733 bits per heavy atom. The van der Waals surface area contributed by atoms with Crippen LogP contribution in [0, 0.1) is 0 Å². The van der Waals surface area contributed by atoms with Crippen molar-refractivity contribution in [1.82, 2.24) is 0 Å². The van der Waals surface area contributed by atoms with Crippen molar-refractivity contribution in [2.45, 2.75) is 39.5 Å². The highest BCUT2D eigenvalue weighted by molar-refractivity contribution is 5.93. The number of hydrogen-bond donors (Lipinski definition) is 0. The number of rotatable bonds is 8. The fourth-order valence-corrected chi connectivity index (χ4v) is 3.29. The molecule has 0 saturated carbocycles. The Labute approximate surface area is 177 Å². The van der Waals surface area contributed by atoms with Gasteiger partial charge in [-0.3, -0.25) is 0 Å². The highest BCUT2D eigenvalue weighted by Crippen LogP contribution is 2.36. The van der Waals surface area contributed by atoms with Gasteiger partial charge < -0.3 is 9.47 Å². The van der Waals surface area contributed by atoms with E-state index in [9.17, 15) is 9.59 Å². The maximum absolute atomic E-state index is 12.8. The van der Waals surface area contributed by atoms with Gasteiger partial charge in [-0.2, -0.15) is 0 Å². The highest BCUT2D eigenvalue weighted by atomic mass is 16.6. The molecule has 0 fully saturated rings. The fraction of sp³-hybridized carbons (Fsp3) is 0.231. The topological polar surface area (TPSA) is 52.6 Å². The highest BCUT2D eigenvalue weighted by Gasteiger charge is 2.21. The summed E-state index contributed by atoms with van der Waals surface area (Å²) in [6.07, 6.45) is 3.63. The van der Waals surface area contributed by atoms with Gasteiger partial charge in [0.1, 0.15) is 0 Å². The Morgan fingerprint density at radius 3 is 1.83 bits per heavy atom. The number of benzene rings is 3. The third-order valence-electron chi connectivity index (χ3n) is 4.89. The molecule has 0 saturated heterocycles. The molecule has 0 aliphatic carbocycles. The lowest BCUT2D eigenvalue weighted by Gasteiger charge is -2.17. The van der Waals surface area contributed by atoms with E-state index < -0.39 is 11.9 Å². The summed E-state index contributed by atoms with van der Waals surface area (Å²) in [6.45, 7) is 4.14. The predicted octanol–water partition coefficient (Wildman–Crippen LogP) is 6.03. The average Bonchev–Trinajstić information content (AvgIpc) is 2.80. The van der Waals surface area contributed by atoms with Crippen molar-refractivity contribution in [2.75, 3.05) is 0 Å². The summed E-state index contributed by atoms with van der Waals surface area (Å²) < 4.78 is 11.4. The second-order valence-electron chi connectivity index (χ2n) is 7.00. The Hall–Kier alpha value is -3.40. The van der Waals surface area contributed by atoms with Gasteiger partial charge in [0, 0.05) is 5.56 Å². The van der Waals surface area contributed by atoms with E-state index in [0.29, 0.717) is 23.3 Å². The number of aryl methyl sites for hydroxylation is 1. The van der Waals surface area contributed by atoms with E-state index in [2.05, 4.69) is 6.92 Å². The lowest BCUT2D eigenvalue weighted by molar-refractivity contribution is 0.0681. The summed E-state index contributed by atoms with van der Waals surface area (Å²) in [5.74, 6) is -0.389. The Balaban J connectivity index is 1.98. The van der Waals surface area contributed by atoms with Crippen LogP contribution in [0.25, 0.3) is 0 Å². The first-order chi connectivity index (χ1) is 14.6. The van der Waals surface area contributed by atoms with Crippen LogP contribution < -0.4 is 9.47 Å². The molecule has 0 unspecified atom stereocenters. The van der Waals surface area contributed by atoms with Gasteiger partial charge in [0.25, 0.3) is 0 Å². The van der Waals surface area contributed by atoms with E-state index >= 15 is 0 Å². The molecule has 0 aliphatic heterocycles. The van der Waals surface area contributed by atoms with Crippen molar-refractivity contribution in [3.05, 3.63) is 95.1 Å². The molecule has 3 rings (SSSR count). The van der Waals surface area contributed by atoms with Gasteiger partial charge in [-0.25, -0.2) is 9.59 Å². The lowest BCUT2D eigenvalue weighted by atomic mass is 9.98. The summed E-state index contributed by atoms with van der Waals surface area (Å²) in [6, 6.07) is 21.2. The van der Waals surface area contributed by atoms with Gasteiger partial charge in [-0.05, 0) is 55.2 Å². The van der Waals surface area contributed by atoms with Crippen LogP contribution in [0.15, 0.2) is 72.8 Å². The average molecular weight is 402 g/mol. The molecule has 0 N–H and O–H groups in total. The quantitative estimate of drug-likeness (QED) is 0.341. The number of esters is 2. The third-order valence-corrected chi connectivity index (χ3v) is 4.89. The Morgan fingerprint density at radius 2 is 1.30 bits per heavy atom.